The van der Waals surface area contributed by atoms with Gasteiger partial charge in [0.05, 0.1) is 17.3 Å². The predicted octanol–water partition coefficient (Wildman–Crippen LogP) is 3.29. The molecule has 0 saturated carbocycles. The molecule has 1 aromatic heterocycles. The second-order valence-electron chi connectivity index (χ2n) is 4.88. The molecular weight excluding hydrogens is 316 g/mol. The van der Waals surface area contributed by atoms with Crippen LogP contribution in [0.15, 0.2) is 36.4 Å². The third-order valence-electron chi connectivity index (χ3n) is 3.44. The highest BCUT2D eigenvalue weighted by molar-refractivity contribution is 7.22. The molecule has 0 aliphatic carbocycles. The minimum atomic E-state index is -0.233. The number of benzene rings is 2. The molecule has 1 amide bonds. The Morgan fingerprint density at radius 1 is 1.26 bits per heavy atom. The van der Waals surface area contributed by atoms with Gasteiger partial charge in [-0.1, -0.05) is 17.4 Å². The lowest BCUT2D eigenvalue weighted by Crippen LogP contribution is -2.11. The lowest BCUT2D eigenvalue weighted by atomic mass is 10.2. The lowest BCUT2D eigenvalue weighted by Gasteiger charge is -2.03. The van der Waals surface area contributed by atoms with E-state index in [1.54, 1.807) is 31.4 Å². The van der Waals surface area contributed by atoms with E-state index in [0.717, 1.165) is 10.2 Å². The van der Waals surface area contributed by atoms with Crippen molar-refractivity contribution >= 4 is 32.6 Å². The molecule has 0 bridgehead atoms. The Morgan fingerprint density at radius 3 is 2.91 bits per heavy atom. The van der Waals surface area contributed by atoms with Crippen LogP contribution in [0.25, 0.3) is 10.2 Å². The molecule has 1 N–H and O–H groups in total. The first kappa shape index (κ1) is 13.8. The molecule has 0 atom stereocenters. The van der Waals surface area contributed by atoms with Crippen LogP contribution in [0.5, 0.6) is 17.2 Å². The number of carbonyl (C=O) groups is 1. The molecule has 2 heterocycles. The van der Waals surface area contributed by atoms with Crippen LogP contribution in [0.3, 0.4) is 0 Å². The van der Waals surface area contributed by atoms with Crippen LogP contribution in [0.4, 0.5) is 5.13 Å². The summed E-state index contributed by atoms with van der Waals surface area (Å²) in [6.45, 7) is 0.228. The monoisotopic (exact) mass is 328 g/mol. The van der Waals surface area contributed by atoms with Crippen molar-refractivity contribution in [2.24, 2.45) is 0 Å². The van der Waals surface area contributed by atoms with Crippen molar-refractivity contribution < 1.29 is 19.0 Å². The van der Waals surface area contributed by atoms with Crippen molar-refractivity contribution in [1.29, 1.82) is 0 Å². The van der Waals surface area contributed by atoms with Crippen molar-refractivity contribution in [2.45, 2.75) is 0 Å². The summed E-state index contributed by atoms with van der Waals surface area (Å²) in [6, 6.07) is 10.6. The molecule has 7 heteroatoms. The van der Waals surface area contributed by atoms with Crippen molar-refractivity contribution in [3.05, 3.63) is 42.0 Å². The summed E-state index contributed by atoms with van der Waals surface area (Å²) in [7, 11) is 1.56. The topological polar surface area (TPSA) is 69.7 Å². The number of hydrogen-bond donors (Lipinski definition) is 1. The van der Waals surface area contributed by atoms with Gasteiger partial charge in [0.1, 0.15) is 5.75 Å². The Labute approximate surface area is 135 Å². The number of amides is 1. The van der Waals surface area contributed by atoms with Gasteiger partial charge in [0.2, 0.25) is 6.79 Å². The number of ether oxygens (including phenoxy) is 3. The van der Waals surface area contributed by atoms with Gasteiger partial charge in [-0.15, -0.1) is 0 Å². The maximum atomic E-state index is 12.3. The number of aromatic nitrogens is 1. The van der Waals surface area contributed by atoms with E-state index < -0.39 is 0 Å². The van der Waals surface area contributed by atoms with Gasteiger partial charge in [0, 0.05) is 17.7 Å². The van der Waals surface area contributed by atoms with E-state index in [2.05, 4.69) is 10.3 Å². The van der Waals surface area contributed by atoms with Crippen LogP contribution in [0.2, 0.25) is 0 Å². The van der Waals surface area contributed by atoms with E-state index in [-0.39, 0.29) is 12.7 Å². The molecule has 0 spiro atoms. The molecule has 0 fully saturated rings. The third-order valence-corrected chi connectivity index (χ3v) is 4.37. The Hall–Kier alpha value is -2.80. The summed E-state index contributed by atoms with van der Waals surface area (Å²) in [5.74, 6) is 1.77. The van der Waals surface area contributed by atoms with E-state index in [1.807, 2.05) is 12.1 Å². The summed E-state index contributed by atoms with van der Waals surface area (Å²) >= 11 is 1.39. The number of nitrogens with one attached hydrogen (secondary N) is 1. The Balaban J connectivity index is 1.61. The summed E-state index contributed by atoms with van der Waals surface area (Å²) in [6.07, 6.45) is 0. The zero-order valence-electron chi connectivity index (χ0n) is 12.2. The van der Waals surface area contributed by atoms with Crippen LogP contribution >= 0.6 is 11.3 Å². The Kier molecular flexibility index (Phi) is 3.27. The molecule has 0 saturated heterocycles. The minimum Gasteiger partial charge on any atom is -0.497 e. The SMILES string of the molecule is COc1cccc(C(=O)Nc2nc3cc4c(cc3s2)OCO4)c1. The largest absolute Gasteiger partial charge is 0.497 e. The second kappa shape index (κ2) is 5.44. The van der Waals surface area contributed by atoms with Crippen LogP contribution in [0, 0.1) is 0 Å². The first-order chi connectivity index (χ1) is 11.2. The minimum absolute atomic E-state index is 0.228. The molecule has 2 aromatic carbocycles. The number of hydrogen-bond acceptors (Lipinski definition) is 6. The van der Waals surface area contributed by atoms with Gasteiger partial charge in [0.25, 0.3) is 5.91 Å². The summed E-state index contributed by atoms with van der Waals surface area (Å²) in [4.78, 5) is 16.7. The molecule has 1 aliphatic heterocycles. The van der Waals surface area contributed by atoms with E-state index in [1.165, 1.54) is 11.3 Å². The molecule has 116 valence electrons. The smallest absolute Gasteiger partial charge is 0.257 e. The van der Waals surface area contributed by atoms with Gasteiger partial charge >= 0.3 is 0 Å². The first-order valence-electron chi connectivity index (χ1n) is 6.88. The average Bonchev–Trinajstić information content (AvgIpc) is 3.17. The second-order valence-corrected chi connectivity index (χ2v) is 5.91. The molecule has 1 aliphatic rings. The molecular formula is C16H12N2O4S. The quantitative estimate of drug-likeness (QED) is 0.799. The zero-order chi connectivity index (χ0) is 15.8. The summed E-state index contributed by atoms with van der Waals surface area (Å²) in [5.41, 5.74) is 1.28. The summed E-state index contributed by atoms with van der Waals surface area (Å²) < 4.78 is 16.7. The van der Waals surface area contributed by atoms with Crippen LogP contribution < -0.4 is 19.5 Å². The molecule has 6 nitrogen and oxygen atoms in total. The maximum Gasteiger partial charge on any atom is 0.257 e. The van der Waals surface area contributed by atoms with Crippen LogP contribution in [0.1, 0.15) is 10.4 Å². The van der Waals surface area contributed by atoms with Gasteiger partial charge in [-0.2, -0.15) is 0 Å². The fourth-order valence-electron chi connectivity index (χ4n) is 2.31. The molecule has 23 heavy (non-hydrogen) atoms. The van der Waals surface area contributed by atoms with Crippen molar-refractivity contribution in [2.75, 3.05) is 19.2 Å². The van der Waals surface area contributed by atoms with E-state index >= 15 is 0 Å². The number of thiazole rings is 1. The maximum absolute atomic E-state index is 12.3. The van der Waals surface area contributed by atoms with Gasteiger partial charge in [-0.05, 0) is 18.2 Å². The van der Waals surface area contributed by atoms with Gasteiger partial charge < -0.3 is 14.2 Å². The van der Waals surface area contributed by atoms with Gasteiger partial charge in [-0.25, -0.2) is 4.98 Å². The molecule has 3 aromatic rings. The zero-order valence-corrected chi connectivity index (χ0v) is 13.0. The first-order valence-corrected chi connectivity index (χ1v) is 7.70. The highest BCUT2D eigenvalue weighted by Crippen LogP contribution is 2.39. The number of nitrogens with zero attached hydrogens (tertiary/aromatic N) is 1. The molecule has 4 rings (SSSR count). The Bertz CT molecular complexity index is 865. The normalized spacial score (nSPS) is 12.4. The highest BCUT2D eigenvalue weighted by Gasteiger charge is 2.17. The van der Waals surface area contributed by atoms with Crippen molar-refractivity contribution in [3.63, 3.8) is 0 Å². The number of carbonyl (C=O) groups excluding carboxylic acids is 1. The summed E-state index contributed by atoms with van der Waals surface area (Å²) in [5, 5.41) is 3.33. The lowest BCUT2D eigenvalue weighted by molar-refractivity contribution is 0.102. The van der Waals surface area contributed by atoms with Crippen LogP contribution in [-0.2, 0) is 0 Å². The van der Waals surface area contributed by atoms with Crippen molar-refractivity contribution in [3.8, 4) is 17.2 Å². The van der Waals surface area contributed by atoms with Crippen LogP contribution in [-0.4, -0.2) is 24.8 Å². The van der Waals surface area contributed by atoms with E-state index in [4.69, 9.17) is 14.2 Å². The van der Waals surface area contributed by atoms with E-state index in [9.17, 15) is 4.79 Å². The van der Waals surface area contributed by atoms with Gasteiger partial charge in [-0.3, -0.25) is 10.1 Å². The number of methoxy groups -OCH3 is 1. The molecule has 0 unspecified atom stereocenters. The Morgan fingerprint density at radius 2 is 2.09 bits per heavy atom. The number of rotatable bonds is 3. The van der Waals surface area contributed by atoms with E-state index in [0.29, 0.717) is 27.9 Å². The standard InChI is InChI=1S/C16H12N2O4S/c1-20-10-4-2-3-9(5-10)15(19)18-16-17-11-6-12-13(22-8-21-12)7-14(11)23-16/h2-7H,8H2,1H3,(H,17,18,19). The van der Waals surface area contributed by atoms with Gasteiger partial charge in [0.15, 0.2) is 16.6 Å². The average molecular weight is 328 g/mol. The fourth-order valence-corrected chi connectivity index (χ4v) is 3.18. The van der Waals surface area contributed by atoms with Crippen molar-refractivity contribution in [1.82, 2.24) is 4.98 Å². The fraction of sp³-hybridized carbons (Fsp3) is 0.125. The molecule has 0 radical (unpaired) electrons. The predicted molar refractivity (Wildman–Crippen MR) is 86.7 cm³/mol. The highest BCUT2D eigenvalue weighted by atomic mass is 32.1. The number of fused-ring (bicyclic) bond motifs is 2. The third kappa shape index (κ3) is 2.55. The number of anilines is 1.